The van der Waals surface area contributed by atoms with E-state index in [1.165, 1.54) is 5.56 Å². The molecule has 1 aliphatic carbocycles. The minimum atomic E-state index is -0.169. The van der Waals surface area contributed by atoms with Gasteiger partial charge < -0.3 is 4.90 Å². The number of fused-ring (bicyclic) bond motifs is 1. The predicted octanol–water partition coefficient (Wildman–Crippen LogP) is 4.54. The van der Waals surface area contributed by atoms with Crippen molar-refractivity contribution in [3.05, 3.63) is 70.8 Å². The van der Waals surface area contributed by atoms with Crippen molar-refractivity contribution in [3.8, 4) is 0 Å². The van der Waals surface area contributed by atoms with Crippen LogP contribution in [0.4, 0.5) is 0 Å². The SMILES string of the molecule is Cc1cccc2c1CCC(C(=O)N1CCC(c3ccccc3)CC1)CC2=O. The first kappa shape index (κ1) is 18.0. The van der Waals surface area contributed by atoms with Gasteiger partial charge in [-0.25, -0.2) is 0 Å². The number of hydrogen-bond acceptors (Lipinski definition) is 2. The smallest absolute Gasteiger partial charge is 0.226 e. The molecule has 140 valence electrons. The number of rotatable bonds is 2. The van der Waals surface area contributed by atoms with Crippen LogP contribution in [0.3, 0.4) is 0 Å². The van der Waals surface area contributed by atoms with Gasteiger partial charge in [-0.1, -0.05) is 48.5 Å². The molecule has 1 unspecified atom stereocenters. The van der Waals surface area contributed by atoms with Gasteiger partial charge in [0, 0.05) is 31.0 Å². The van der Waals surface area contributed by atoms with Gasteiger partial charge in [0.05, 0.1) is 0 Å². The topological polar surface area (TPSA) is 37.4 Å². The Hall–Kier alpha value is -2.42. The summed E-state index contributed by atoms with van der Waals surface area (Å²) in [4.78, 5) is 27.8. The molecular formula is C24H27NO2. The maximum Gasteiger partial charge on any atom is 0.226 e. The lowest BCUT2D eigenvalue weighted by molar-refractivity contribution is -0.136. The molecule has 1 fully saturated rings. The Labute approximate surface area is 161 Å². The van der Waals surface area contributed by atoms with Crippen LogP contribution in [0.1, 0.15) is 58.6 Å². The van der Waals surface area contributed by atoms with Gasteiger partial charge in [-0.3, -0.25) is 9.59 Å². The third-order valence-corrected chi connectivity index (χ3v) is 6.31. The van der Waals surface area contributed by atoms with Crippen molar-refractivity contribution in [2.75, 3.05) is 13.1 Å². The first-order valence-corrected chi connectivity index (χ1v) is 10.1. The number of Topliss-reactive ketones (excluding diaryl/α,β-unsaturated/α-hetero) is 1. The van der Waals surface area contributed by atoms with E-state index in [1.807, 2.05) is 23.1 Å². The normalized spacial score (nSPS) is 20.9. The van der Waals surface area contributed by atoms with E-state index in [4.69, 9.17) is 0 Å². The van der Waals surface area contributed by atoms with Gasteiger partial charge in [0.2, 0.25) is 5.91 Å². The molecule has 2 aromatic carbocycles. The van der Waals surface area contributed by atoms with Crippen LogP contribution in [-0.2, 0) is 11.2 Å². The molecule has 0 bridgehead atoms. The average Bonchev–Trinajstić information content (AvgIpc) is 2.88. The number of hydrogen-bond donors (Lipinski definition) is 0. The molecule has 2 aliphatic rings. The van der Waals surface area contributed by atoms with Crippen molar-refractivity contribution >= 4 is 11.7 Å². The molecule has 3 nitrogen and oxygen atoms in total. The Balaban J connectivity index is 1.41. The quantitative estimate of drug-likeness (QED) is 0.737. The number of ketones is 1. The monoisotopic (exact) mass is 361 g/mol. The molecule has 0 saturated carbocycles. The number of benzene rings is 2. The van der Waals surface area contributed by atoms with E-state index >= 15 is 0 Å². The van der Waals surface area contributed by atoms with E-state index in [2.05, 4.69) is 37.3 Å². The molecule has 0 radical (unpaired) electrons. The third kappa shape index (κ3) is 3.69. The molecular weight excluding hydrogens is 334 g/mol. The number of nitrogens with zero attached hydrogens (tertiary/aromatic N) is 1. The summed E-state index contributed by atoms with van der Waals surface area (Å²) in [6.07, 6.45) is 3.98. The molecule has 1 atom stereocenters. The second-order valence-electron chi connectivity index (χ2n) is 7.97. The standard InChI is InChI=1S/C24H27NO2/c1-17-6-5-9-22-21(17)11-10-20(16-23(22)26)24(27)25-14-12-19(13-15-25)18-7-3-2-4-8-18/h2-9,19-20H,10-16H2,1H3. The molecule has 1 heterocycles. The molecule has 1 saturated heterocycles. The van der Waals surface area contributed by atoms with Crippen molar-refractivity contribution in [2.45, 2.75) is 44.9 Å². The van der Waals surface area contributed by atoms with Crippen LogP contribution >= 0.6 is 0 Å². The first-order valence-electron chi connectivity index (χ1n) is 10.1. The first-order chi connectivity index (χ1) is 13.1. The van der Waals surface area contributed by atoms with Crippen LogP contribution in [0, 0.1) is 12.8 Å². The molecule has 4 rings (SSSR count). The summed E-state index contributed by atoms with van der Waals surface area (Å²) in [5, 5.41) is 0. The van der Waals surface area contributed by atoms with Gasteiger partial charge in [-0.2, -0.15) is 0 Å². The Bertz CT molecular complexity index is 835. The highest BCUT2D eigenvalue weighted by Crippen LogP contribution is 2.31. The second kappa shape index (κ2) is 7.67. The molecule has 2 aromatic rings. The van der Waals surface area contributed by atoms with E-state index in [0.717, 1.165) is 55.5 Å². The number of amides is 1. The van der Waals surface area contributed by atoms with Crippen LogP contribution in [0.2, 0.25) is 0 Å². The lowest BCUT2D eigenvalue weighted by atomic mass is 9.88. The van der Waals surface area contributed by atoms with Crippen LogP contribution in [0.25, 0.3) is 0 Å². The lowest BCUT2D eigenvalue weighted by Gasteiger charge is -2.34. The van der Waals surface area contributed by atoms with Gasteiger partial charge >= 0.3 is 0 Å². The zero-order valence-corrected chi connectivity index (χ0v) is 16.0. The van der Waals surface area contributed by atoms with Crippen molar-refractivity contribution in [1.29, 1.82) is 0 Å². The van der Waals surface area contributed by atoms with E-state index in [9.17, 15) is 9.59 Å². The van der Waals surface area contributed by atoms with Crippen molar-refractivity contribution in [3.63, 3.8) is 0 Å². The summed E-state index contributed by atoms with van der Waals surface area (Å²) in [5.74, 6) is 0.680. The highest BCUT2D eigenvalue weighted by atomic mass is 16.2. The highest BCUT2D eigenvalue weighted by molar-refractivity contribution is 6.00. The summed E-state index contributed by atoms with van der Waals surface area (Å²) >= 11 is 0. The number of piperidine rings is 1. The van der Waals surface area contributed by atoms with Gasteiger partial charge in [0.1, 0.15) is 0 Å². The van der Waals surface area contributed by atoms with Crippen LogP contribution < -0.4 is 0 Å². The van der Waals surface area contributed by atoms with Crippen molar-refractivity contribution in [1.82, 2.24) is 4.90 Å². The van der Waals surface area contributed by atoms with Crippen LogP contribution in [0.5, 0.6) is 0 Å². The van der Waals surface area contributed by atoms with Crippen molar-refractivity contribution < 1.29 is 9.59 Å². The Morgan fingerprint density at radius 1 is 0.963 bits per heavy atom. The molecule has 1 amide bonds. The Morgan fingerprint density at radius 2 is 1.70 bits per heavy atom. The fourth-order valence-electron chi connectivity index (χ4n) is 4.68. The van der Waals surface area contributed by atoms with Gasteiger partial charge in [-0.15, -0.1) is 0 Å². The van der Waals surface area contributed by atoms with E-state index < -0.39 is 0 Å². The summed E-state index contributed by atoms with van der Waals surface area (Å²) < 4.78 is 0. The fourth-order valence-corrected chi connectivity index (χ4v) is 4.68. The molecule has 27 heavy (non-hydrogen) atoms. The second-order valence-corrected chi connectivity index (χ2v) is 7.97. The largest absolute Gasteiger partial charge is 0.342 e. The van der Waals surface area contributed by atoms with Crippen LogP contribution in [-0.4, -0.2) is 29.7 Å². The van der Waals surface area contributed by atoms with Gasteiger partial charge in [0.25, 0.3) is 0 Å². The third-order valence-electron chi connectivity index (χ3n) is 6.31. The highest BCUT2D eigenvalue weighted by Gasteiger charge is 2.32. The van der Waals surface area contributed by atoms with E-state index in [1.54, 1.807) is 0 Å². The maximum atomic E-state index is 13.1. The summed E-state index contributed by atoms with van der Waals surface area (Å²) in [6, 6.07) is 16.5. The van der Waals surface area contributed by atoms with E-state index in [-0.39, 0.29) is 17.6 Å². The molecule has 0 N–H and O–H groups in total. The lowest BCUT2D eigenvalue weighted by Crippen LogP contribution is -2.41. The zero-order valence-electron chi connectivity index (χ0n) is 16.0. The maximum absolute atomic E-state index is 13.1. The van der Waals surface area contributed by atoms with E-state index in [0.29, 0.717) is 12.3 Å². The van der Waals surface area contributed by atoms with Crippen LogP contribution in [0.15, 0.2) is 48.5 Å². The summed E-state index contributed by atoms with van der Waals surface area (Å²) in [7, 11) is 0. The zero-order chi connectivity index (χ0) is 18.8. The summed E-state index contributed by atoms with van der Waals surface area (Å²) in [6.45, 7) is 3.66. The fraction of sp³-hybridized carbons (Fsp3) is 0.417. The molecule has 0 spiro atoms. The number of likely N-dealkylation sites (tertiary alicyclic amines) is 1. The summed E-state index contributed by atoms with van der Waals surface area (Å²) in [5.41, 5.74) is 4.51. The van der Waals surface area contributed by atoms with Crippen molar-refractivity contribution in [2.24, 2.45) is 5.92 Å². The molecule has 3 heteroatoms. The average molecular weight is 361 g/mol. The molecule has 0 aromatic heterocycles. The Morgan fingerprint density at radius 3 is 2.44 bits per heavy atom. The number of carbonyl (C=O) groups excluding carboxylic acids is 2. The number of aryl methyl sites for hydroxylation is 1. The molecule has 1 aliphatic heterocycles. The van der Waals surface area contributed by atoms with Gasteiger partial charge in [0.15, 0.2) is 5.78 Å². The Kier molecular flexibility index (Phi) is 5.11. The minimum Gasteiger partial charge on any atom is -0.342 e. The predicted molar refractivity (Wildman–Crippen MR) is 107 cm³/mol. The van der Waals surface area contributed by atoms with Gasteiger partial charge in [-0.05, 0) is 55.2 Å². The number of carbonyl (C=O) groups is 2. The minimum absolute atomic E-state index is 0.128.